The molecule has 0 atom stereocenters. The summed E-state index contributed by atoms with van der Waals surface area (Å²) in [6.45, 7) is 1.98. The molecule has 0 amide bonds. The lowest BCUT2D eigenvalue weighted by Gasteiger charge is -2.01. The number of fused-ring (bicyclic) bond motifs is 1. The zero-order valence-corrected chi connectivity index (χ0v) is 11.9. The van der Waals surface area contributed by atoms with Gasteiger partial charge in [-0.25, -0.2) is 0 Å². The molecule has 0 fully saturated rings. The van der Waals surface area contributed by atoms with Gasteiger partial charge in [0.1, 0.15) is 5.58 Å². The van der Waals surface area contributed by atoms with Crippen LogP contribution in [0.3, 0.4) is 0 Å². The first-order valence-corrected chi connectivity index (χ1v) is 7.00. The number of ketones is 1. The number of nitrogens with two attached hydrogens (primary N) is 1. The third kappa shape index (κ3) is 2.82. The van der Waals surface area contributed by atoms with Crippen molar-refractivity contribution in [2.45, 2.75) is 19.8 Å². The number of carbonyl (C=O) groups excluding carboxylic acids is 1. The van der Waals surface area contributed by atoms with Crippen LogP contribution in [0.15, 0.2) is 52.9 Å². The Balaban J connectivity index is 1.76. The molecule has 1 heterocycles. The molecule has 0 bridgehead atoms. The van der Waals surface area contributed by atoms with E-state index < -0.39 is 0 Å². The van der Waals surface area contributed by atoms with Gasteiger partial charge in [0.2, 0.25) is 0 Å². The first kappa shape index (κ1) is 13.4. The van der Waals surface area contributed by atoms with E-state index in [2.05, 4.69) is 0 Å². The van der Waals surface area contributed by atoms with Crippen LogP contribution in [0.25, 0.3) is 11.0 Å². The summed E-state index contributed by atoms with van der Waals surface area (Å²) in [7, 11) is 0. The number of rotatable bonds is 4. The van der Waals surface area contributed by atoms with Gasteiger partial charge in [0.25, 0.3) is 0 Å². The molecule has 3 aromatic rings. The maximum atomic E-state index is 12.3. The van der Waals surface area contributed by atoms with Crippen molar-refractivity contribution in [3.8, 4) is 0 Å². The lowest BCUT2D eigenvalue weighted by atomic mass is 10.1. The molecule has 21 heavy (non-hydrogen) atoms. The highest BCUT2D eigenvalue weighted by Crippen LogP contribution is 2.23. The zero-order valence-electron chi connectivity index (χ0n) is 11.9. The summed E-state index contributed by atoms with van der Waals surface area (Å²) in [5.74, 6) is 0.455. The zero-order chi connectivity index (χ0) is 14.8. The van der Waals surface area contributed by atoms with E-state index in [0.717, 1.165) is 27.8 Å². The largest absolute Gasteiger partial charge is 0.453 e. The van der Waals surface area contributed by atoms with Crippen molar-refractivity contribution >= 4 is 22.4 Å². The quantitative estimate of drug-likeness (QED) is 0.577. The number of nitrogen functional groups attached to an aromatic ring is 1. The summed E-state index contributed by atoms with van der Waals surface area (Å²) in [6, 6.07) is 15.3. The number of aryl methyl sites for hydroxylation is 2. The van der Waals surface area contributed by atoms with Crippen LogP contribution in [0.1, 0.15) is 28.1 Å². The topological polar surface area (TPSA) is 56.2 Å². The van der Waals surface area contributed by atoms with Crippen molar-refractivity contribution in [2.75, 3.05) is 5.73 Å². The van der Waals surface area contributed by atoms with Gasteiger partial charge in [-0.05, 0) is 42.7 Å². The van der Waals surface area contributed by atoms with E-state index in [1.54, 1.807) is 0 Å². The number of benzene rings is 2. The van der Waals surface area contributed by atoms with Gasteiger partial charge < -0.3 is 10.2 Å². The number of carbonyl (C=O) groups is 1. The van der Waals surface area contributed by atoms with Crippen molar-refractivity contribution in [3.63, 3.8) is 0 Å². The lowest BCUT2D eigenvalue weighted by molar-refractivity contribution is 0.0958. The highest BCUT2D eigenvalue weighted by molar-refractivity contribution is 5.98. The molecule has 0 saturated carbocycles. The van der Waals surface area contributed by atoms with Crippen molar-refractivity contribution in [1.82, 2.24) is 0 Å². The van der Waals surface area contributed by atoms with E-state index in [4.69, 9.17) is 10.2 Å². The second-order valence-electron chi connectivity index (χ2n) is 5.27. The fraction of sp³-hybridized carbons (Fsp3) is 0.167. The highest BCUT2D eigenvalue weighted by Gasteiger charge is 2.13. The van der Waals surface area contributed by atoms with E-state index in [1.165, 1.54) is 0 Å². The van der Waals surface area contributed by atoms with Crippen LogP contribution >= 0.6 is 0 Å². The summed E-state index contributed by atoms with van der Waals surface area (Å²) in [6.07, 6.45) is 1.09. The molecule has 2 aromatic carbocycles. The van der Waals surface area contributed by atoms with Gasteiger partial charge in [-0.3, -0.25) is 4.79 Å². The van der Waals surface area contributed by atoms with E-state index in [-0.39, 0.29) is 5.78 Å². The molecular formula is C18H17NO2. The number of hydrogen-bond acceptors (Lipinski definition) is 3. The number of furan rings is 1. The Morgan fingerprint density at radius 1 is 1.14 bits per heavy atom. The van der Waals surface area contributed by atoms with Crippen LogP contribution in [-0.2, 0) is 6.42 Å². The Kier molecular flexibility index (Phi) is 3.48. The van der Waals surface area contributed by atoms with Gasteiger partial charge in [-0.15, -0.1) is 0 Å². The van der Waals surface area contributed by atoms with Crippen molar-refractivity contribution < 1.29 is 9.21 Å². The fourth-order valence-corrected chi connectivity index (χ4v) is 2.48. The first-order chi connectivity index (χ1) is 10.1. The smallest absolute Gasteiger partial charge is 0.198 e. The van der Waals surface area contributed by atoms with Gasteiger partial charge in [0.05, 0.1) is 0 Å². The second kappa shape index (κ2) is 5.44. The number of anilines is 1. The van der Waals surface area contributed by atoms with Crippen LogP contribution in [0, 0.1) is 6.92 Å². The van der Waals surface area contributed by atoms with Crippen molar-refractivity contribution in [1.29, 1.82) is 0 Å². The molecule has 0 aliphatic carbocycles. The first-order valence-electron chi connectivity index (χ1n) is 7.00. The maximum absolute atomic E-state index is 12.3. The summed E-state index contributed by atoms with van der Waals surface area (Å²) in [5.41, 5.74) is 9.37. The fourth-order valence-electron chi connectivity index (χ4n) is 2.48. The lowest BCUT2D eigenvalue weighted by Crippen LogP contribution is -2.00. The predicted molar refractivity (Wildman–Crippen MR) is 84.5 cm³/mol. The predicted octanol–water partition coefficient (Wildman–Crippen LogP) is 4.14. The molecule has 2 N–H and O–H groups in total. The minimum atomic E-state index is 0.0213. The van der Waals surface area contributed by atoms with Crippen LogP contribution in [0.4, 0.5) is 5.69 Å². The molecule has 1 aromatic heterocycles. The van der Waals surface area contributed by atoms with Gasteiger partial charge in [-0.2, -0.15) is 0 Å². The second-order valence-corrected chi connectivity index (χ2v) is 5.27. The molecule has 0 spiro atoms. The van der Waals surface area contributed by atoms with Gasteiger partial charge in [0, 0.05) is 17.5 Å². The monoisotopic (exact) mass is 279 g/mol. The van der Waals surface area contributed by atoms with Gasteiger partial charge in [0.15, 0.2) is 11.5 Å². The summed E-state index contributed by atoms with van der Waals surface area (Å²) in [4.78, 5) is 12.3. The standard InChI is InChI=1S/C18H17NO2/c1-12-4-2-6-14-11-17(21-18(12)14)16(20)9-8-13-5-3-7-15(19)10-13/h2-7,10-11H,8-9,19H2,1H3. The van der Waals surface area contributed by atoms with Crippen LogP contribution < -0.4 is 5.73 Å². The average Bonchev–Trinajstić information content (AvgIpc) is 2.90. The molecule has 0 aliphatic rings. The minimum Gasteiger partial charge on any atom is -0.453 e. The molecule has 106 valence electrons. The third-order valence-corrected chi connectivity index (χ3v) is 3.61. The number of Topliss-reactive ketones (excluding diaryl/α,β-unsaturated/α-hetero) is 1. The van der Waals surface area contributed by atoms with Crippen LogP contribution in [0.2, 0.25) is 0 Å². The molecule has 0 radical (unpaired) electrons. The van der Waals surface area contributed by atoms with E-state index in [1.807, 2.05) is 55.5 Å². The van der Waals surface area contributed by atoms with Gasteiger partial charge in [-0.1, -0.05) is 30.3 Å². The van der Waals surface area contributed by atoms with Crippen LogP contribution in [0.5, 0.6) is 0 Å². The average molecular weight is 279 g/mol. The molecule has 0 unspecified atom stereocenters. The Bertz CT molecular complexity index is 802. The Morgan fingerprint density at radius 2 is 1.95 bits per heavy atom. The molecule has 3 nitrogen and oxygen atoms in total. The Labute approximate surface area is 123 Å². The molecule has 3 heteroatoms. The number of para-hydroxylation sites is 1. The Morgan fingerprint density at radius 3 is 2.71 bits per heavy atom. The van der Waals surface area contributed by atoms with Crippen molar-refractivity contribution in [3.05, 3.63) is 65.4 Å². The summed E-state index contributed by atoms with van der Waals surface area (Å²) < 4.78 is 5.70. The summed E-state index contributed by atoms with van der Waals surface area (Å²) in [5, 5.41) is 0.974. The molecule has 0 aliphatic heterocycles. The third-order valence-electron chi connectivity index (χ3n) is 3.61. The van der Waals surface area contributed by atoms with E-state index >= 15 is 0 Å². The maximum Gasteiger partial charge on any atom is 0.198 e. The minimum absolute atomic E-state index is 0.0213. The van der Waals surface area contributed by atoms with E-state index in [0.29, 0.717) is 18.6 Å². The van der Waals surface area contributed by atoms with Crippen molar-refractivity contribution in [2.24, 2.45) is 0 Å². The molecule has 3 rings (SSSR count). The Hall–Kier alpha value is -2.55. The molecule has 0 saturated heterocycles. The summed E-state index contributed by atoms with van der Waals surface area (Å²) >= 11 is 0. The van der Waals surface area contributed by atoms with Gasteiger partial charge >= 0.3 is 0 Å². The SMILES string of the molecule is Cc1cccc2cc(C(=O)CCc3cccc(N)c3)oc12. The number of hydrogen-bond donors (Lipinski definition) is 1. The highest BCUT2D eigenvalue weighted by atomic mass is 16.3. The normalized spacial score (nSPS) is 10.9. The molecular weight excluding hydrogens is 262 g/mol. The van der Waals surface area contributed by atoms with Crippen LogP contribution in [-0.4, -0.2) is 5.78 Å². The van der Waals surface area contributed by atoms with E-state index in [9.17, 15) is 4.79 Å².